The van der Waals surface area contributed by atoms with Crippen LogP contribution < -0.4 is 5.73 Å². The van der Waals surface area contributed by atoms with Gasteiger partial charge in [0.1, 0.15) is 5.15 Å². The second-order valence-corrected chi connectivity index (χ2v) is 4.36. The third-order valence-corrected chi connectivity index (χ3v) is 2.97. The first-order valence-corrected chi connectivity index (χ1v) is 5.75. The molecule has 0 aromatic carbocycles. The number of nitrogen functional groups attached to an aromatic ring is 1. The van der Waals surface area contributed by atoms with E-state index >= 15 is 0 Å². The van der Waals surface area contributed by atoms with Crippen LogP contribution in [-0.2, 0) is 0 Å². The highest BCUT2D eigenvalue weighted by Gasteiger charge is 2.12. The fourth-order valence-electron chi connectivity index (χ4n) is 2.05. The lowest BCUT2D eigenvalue weighted by atomic mass is 10.1. The summed E-state index contributed by atoms with van der Waals surface area (Å²) < 4.78 is 0. The van der Waals surface area contributed by atoms with Crippen molar-refractivity contribution < 1.29 is 0 Å². The molecule has 3 aromatic heterocycles. The van der Waals surface area contributed by atoms with E-state index in [2.05, 4.69) is 19.9 Å². The third kappa shape index (κ3) is 1.69. The third-order valence-electron chi connectivity index (χ3n) is 2.77. The lowest BCUT2D eigenvalue weighted by molar-refractivity contribution is 1.18. The van der Waals surface area contributed by atoms with Gasteiger partial charge in [0.25, 0.3) is 0 Å². The average Bonchev–Trinajstić information content (AvgIpc) is 2.64. The fourth-order valence-corrected chi connectivity index (χ4v) is 2.20. The van der Waals surface area contributed by atoms with Crippen molar-refractivity contribution in [3.8, 4) is 11.3 Å². The zero-order valence-electron chi connectivity index (χ0n) is 9.61. The molecule has 0 aliphatic rings. The quantitative estimate of drug-likeness (QED) is 0.658. The van der Waals surface area contributed by atoms with Crippen LogP contribution >= 0.6 is 11.6 Å². The van der Waals surface area contributed by atoms with Crippen molar-refractivity contribution in [2.24, 2.45) is 0 Å². The Balaban J connectivity index is 2.34. The van der Waals surface area contributed by atoms with E-state index in [1.54, 1.807) is 12.4 Å². The highest BCUT2D eigenvalue weighted by molar-refractivity contribution is 6.30. The van der Waals surface area contributed by atoms with Crippen LogP contribution in [0.3, 0.4) is 0 Å². The maximum absolute atomic E-state index is 5.94. The molecular formula is C12H10ClN5. The Kier molecular flexibility index (Phi) is 2.41. The number of halogens is 1. The van der Waals surface area contributed by atoms with Crippen molar-refractivity contribution in [1.82, 2.24) is 19.9 Å². The molecule has 0 bridgehead atoms. The first-order chi connectivity index (χ1) is 8.65. The number of H-pyrrole nitrogens is 1. The molecule has 0 atom stereocenters. The van der Waals surface area contributed by atoms with E-state index in [1.807, 2.05) is 19.1 Å². The van der Waals surface area contributed by atoms with Gasteiger partial charge < -0.3 is 10.7 Å². The number of hydrogen-bond donors (Lipinski definition) is 2. The molecule has 0 radical (unpaired) electrons. The number of rotatable bonds is 1. The van der Waals surface area contributed by atoms with E-state index in [0.29, 0.717) is 5.15 Å². The minimum Gasteiger partial charge on any atom is -0.368 e. The number of nitrogens with one attached hydrogen (secondary N) is 1. The van der Waals surface area contributed by atoms with Gasteiger partial charge in [-0.3, -0.25) is 0 Å². The number of nitrogens with two attached hydrogens (primary N) is 1. The van der Waals surface area contributed by atoms with Crippen LogP contribution in [0.2, 0.25) is 5.15 Å². The number of aromatic amines is 1. The number of aromatic nitrogens is 4. The van der Waals surface area contributed by atoms with Crippen LogP contribution in [0.4, 0.5) is 5.95 Å². The molecule has 0 aliphatic carbocycles. The van der Waals surface area contributed by atoms with Crippen molar-refractivity contribution >= 4 is 28.5 Å². The van der Waals surface area contributed by atoms with Crippen molar-refractivity contribution in [2.45, 2.75) is 6.92 Å². The van der Waals surface area contributed by atoms with E-state index in [0.717, 1.165) is 27.9 Å². The van der Waals surface area contributed by atoms with E-state index in [-0.39, 0.29) is 5.95 Å². The summed E-state index contributed by atoms with van der Waals surface area (Å²) >= 11 is 5.94. The van der Waals surface area contributed by atoms with Crippen LogP contribution in [0, 0.1) is 6.92 Å². The Bertz CT molecular complexity index is 734. The molecule has 3 heterocycles. The maximum Gasteiger partial charge on any atom is 0.220 e. The van der Waals surface area contributed by atoms with Crippen molar-refractivity contribution in [3.05, 3.63) is 35.4 Å². The van der Waals surface area contributed by atoms with E-state index in [1.165, 1.54) is 0 Å². The fraction of sp³-hybridized carbons (Fsp3) is 0.0833. The molecule has 0 aliphatic heterocycles. The number of pyridine rings is 1. The molecule has 18 heavy (non-hydrogen) atoms. The minimum atomic E-state index is 0.251. The zero-order valence-corrected chi connectivity index (χ0v) is 10.4. The normalized spacial score (nSPS) is 11.0. The summed E-state index contributed by atoms with van der Waals surface area (Å²) in [7, 11) is 0. The van der Waals surface area contributed by atoms with Gasteiger partial charge in [0.2, 0.25) is 5.95 Å². The molecule has 0 spiro atoms. The molecule has 0 saturated heterocycles. The lowest BCUT2D eigenvalue weighted by Crippen LogP contribution is -1.95. The van der Waals surface area contributed by atoms with Gasteiger partial charge in [-0.1, -0.05) is 11.6 Å². The molecule has 3 aromatic rings. The van der Waals surface area contributed by atoms with Gasteiger partial charge in [-0.25, -0.2) is 15.0 Å². The highest BCUT2D eigenvalue weighted by atomic mass is 35.5. The summed E-state index contributed by atoms with van der Waals surface area (Å²) in [6.45, 7) is 1.97. The molecule has 5 nitrogen and oxygen atoms in total. The van der Waals surface area contributed by atoms with Gasteiger partial charge in [0, 0.05) is 22.8 Å². The smallest absolute Gasteiger partial charge is 0.220 e. The van der Waals surface area contributed by atoms with Crippen LogP contribution in [0.25, 0.3) is 22.2 Å². The van der Waals surface area contributed by atoms with Gasteiger partial charge in [-0.15, -0.1) is 0 Å². The number of hydrogen-bond acceptors (Lipinski definition) is 4. The Morgan fingerprint density at radius 2 is 2.17 bits per heavy atom. The van der Waals surface area contributed by atoms with Gasteiger partial charge in [0.15, 0.2) is 0 Å². The summed E-state index contributed by atoms with van der Waals surface area (Å²) in [5.41, 5.74) is 9.28. The molecule has 3 rings (SSSR count). The Morgan fingerprint density at radius 3 is 2.94 bits per heavy atom. The monoisotopic (exact) mass is 259 g/mol. The standard InChI is InChI=1S/C12H10ClN5/c1-6-11(8-2-3-15-12(14)18-8)7-4-10(13)16-5-9(7)17-6/h2-5,17H,1H3,(H2,14,15,18). The van der Waals surface area contributed by atoms with E-state index in [4.69, 9.17) is 17.3 Å². The predicted octanol–water partition coefficient (Wildman–Crippen LogP) is 2.56. The first kappa shape index (κ1) is 11.0. The van der Waals surface area contributed by atoms with Crippen molar-refractivity contribution in [3.63, 3.8) is 0 Å². The van der Waals surface area contributed by atoms with Gasteiger partial charge >= 0.3 is 0 Å². The highest BCUT2D eigenvalue weighted by Crippen LogP contribution is 2.31. The van der Waals surface area contributed by atoms with Crippen LogP contribution in [-0.4, -0.2) is 19.9 Å². The maximum atomic E-state index is 5.94. The molecule has 0 amide bonds. The Labute approximate surface area is 108 Å². The van der Waals surface area contributed by atoms with E-state index in [9.17, 15) is 0 Å². The summed E-state index contributed by atoms with van der Waals surface area (Å²) in [6.07, 6.45) is 3.34. The Morgan fingerprint density at radius 1 is 1.33 bits per heavy atom. The van der Waals surface area contributed by atoms with Gasteiger partial charge in [0.05, 0.1) is 17.4 Å². The summed E-state index contributed by atoms with van der Waals surface area (Å²) in [5, 5.41) is 1.43. The SMILES string of the molecule is Cc1[nH]c2cnc(Cl)cc2c1-c1ccnc(N)n1. The van der Waals surface area contributed by atoms with Gasteiger partial charge in [-0.2, -0.15) is 0 Å². The summed E-state index contributed by atoms with van der Waals surface area (Å²) in [6, 6.07) is 3.63. The molecule has 0 unspecified atom stereocenters. The molecule has 3 N–H and O–H groups in total. The lowest BCUT2D eigenvalue weighted by Gasteiger charge is -2.01. The minimum absolute atomic E-state index is 0.251. The topological polar surface area (TPSA) is 80.5 Å². The predicted molar refractivity (Wildman–Crippen MR) is 71.3 cm³/mol. The molecule has 0 saturated carbocycles. The number of aryl methyl sites for hydroxylation is 1. The average molecular weight is 260 g/mol. The van der Waals surface area contributed by atoms with Crippen LogP contribution in [0.15, 0.2) is 24.5 Å². The number of anilines is 1. The summed E-state index contributed by atoms with van der Waals surface area (Å²) in [4.78, 5) is 15.4. The van der Waals surface area contributed by atoms with Crippen LogP contribution in [0.5, 0.6) is 0 Å². The largest absolute Gasteiger partial charge is 0.368 e. The van der Waals surface area contributed by atoms with Crippen molar-refractivity contribution in [2.75, 3.05) is 5.73 Å². The molecular weight excluding hydrogens is 250 g/mol. The van der Waals surface area contributed by atoms with E-state index < -0.39 is 0 Å². The number of nitrogens with zero attached hydrogens (tertiary/aromatic N) is 3. The molecule has 90 valence electrons. The molecule has 0 fully saturated rings. The van der Waals surface area contributed by atoms with Crippen LogP contribution in [0.1, 0.15) is 5.69 Å². The second kappa shape index (κ2) is 3.96. The molecule has 6 heteroatoms. The zero-order chi connectivity index (χ0) is 12.7. The van der Waals surface area contributed by atoms with Crippen molar-refractivity contribution in [1.29, 1.82) is 0 Å². The first-order valence-electron chi connectivity index (χ1n) is 5.38. The van der Waals surface area contributed by atoms with Gasteiger partial charge in [-0.05, 0) is 19.1 Å². The Hall–Kier alpha value is -2.14. The second-order valence-electron chi connectivity index (χ2n) is 3.98. The summed E-state index contributed by atoms with van der Waals surface area (Å²) in [5.74, 6) is 0.251. The number of fused-ring (bicyclic) bond motifs is 1.